The number of pyridine rings is 1. The molecule has 5 heterocycles. The third-order valence-corrected chi connectivity index (χ3v) is 7.20. The number of hydrogen-bond acceptors (Lipinski definition) is 8. The Hall–Kier alpha value is -3.83. The quantitative estimate of drug-likeness (QED) is 0.439. The van der Waals surface area contributed by atoms with Gasteiger partial charge in [-0.15, -0.1) is 0 Å². The fraction of sp³-hybridized carbons (Fsp3) is 0.385. The highest BCUT2D eigenvalue weighted by molar-refractivity contribution is 5.99. The first-order chi connectivity index (χ1) is 18.0. The van der Waals surface area contributed by atoms with Gasteiger partial charge in [0, 0.05) is 35.6 Å². The standard InChI is InChI=1S/C26H28FN7O3/c1-15-14-36-11-10-33(15)25-23(27)22(19(12-28)24(31-25)30-21-8-9-29-32-21)16-2-4-17(5-3-16)34-13-18-6-7-20(37-18)26(34)35/h2-5,8-9,12,15,18,20,28H,6-7,10-11,13-14H2,1H3,(H2,29,30,31,32)/t15-,18?,20?/m1/s1. The molecule has 192 valence electrons. The summed E-state index contributed by atoms with van der Waals surface area (Å²) in [6, 6.07) is 8.89. The third kappa shape index (κ3) is 4.23. The van der Waals surface area contributed by atoms with E-state index in [2.05, 4.69) is 20.5 Å². The number of anilines is 4. The predicted octanol–water partition coefficient (Wildman–Crippen LogP) is 3.47. The zero-order chi connectivity index (χ0) is 25.5. The number of rotatable bonds is 6. The molecular formula is C26H28FN7O3. The number of carbonyl (C=O) groups is 1. The van der Waals surface area contributed by atoms with Gasteiger partial charge in [0.25, 0.3) is 5.91 Å². The van der Waals surface area contributed by atoms with Crippen LogP contribution in [0, 0.1) is 11.2 Å². The molecule has 3 aliphatic rings. The molecule has 3 atom stereocenters. The van der Waals surface area contributed by atoms with Crippen molar-refractivity contribution in [3.63, 3.8) is 0 Å². The molecule has 2 bridgehead atoms. The van der Waals surface area contributed by atoms with Crippen LogP contribution in [-0.4, -0.2) is 71.9 Å². The number of aromatic nitrogens is 3. The topological polar surface area (TPSA) is 119 Å². The molecular weight excluding hydrogens is 477 g/mol. The number of morpholine rings is 2. The third-order valence-electron chi connectivity index (χ3n) is 7.20. The molecule has 0 saturated carbocycles. The lowest BCUT2D eigenvalue weighted by Crippen LogP contribution is -2.47. The fourth-order valence-corrected chi connectivity index (χ4v) is 5.30. The minimum absolute atomic E-state index is 0.0357. The molecule has 37 heavy (non-hydrogen) atoms. The first kappa shape index (κ1) is 23.6. The van der Waals surface area contributed by atoms with Gasteiger partial charge in [-0.1, -0.05) is 12.1 Å². The van der Waals surface area contributed by atoms with E-state index >= 15 is 4.39 Å². The molecule has 11 heteroatoms. The summed E-state index contributed by atoms with van der Waals surface area (Å²) < 4.78 is 27.6. The summed E-state index contributed by atoms with van der Waals surface area (Å²) in [5, 5.41) is 18.1. The smallest absolute Gasteiger partial charge is 0.256 e. The number of amides is 1. The molecule has 0 aliphatic carbocycles. The minimum Gasteiger partial charge on any atom is -0.377 e. The molecule has 3 saturated heterocycles. The van der Waals surface area contributed by atoms with Crippen LogP contribution in [0.15, 0.2) is 36.5 Å². The van der Waals surface area contributed by atoms with E-state index < -0.39 is 5.82 Å². The Morgan fingerprint density at radius 2 is 2.08 bits per heavy atom. The number of carbonyl (C=O) groups excluding carboxylic acids is 1. The fourth-order valence-electron chi connectivity index (χ4n) is 5.30. The van der Waals surface area contributed by atoms with Crippen molar-refractivity contribution in [2.24, 2.45) is 0 Å². The summed E-state index contributed by atoms with van der Waals surface area (Å²) in [5.74, 6) is 0.572. The van der Waals surface area contributed by atoms with Gasteiger partial charge in [-0.2, -0.15) is 5.10 Å². The largest absolute Gasteiger partial charge is 0.377 e. The van der Waals surface area contributed by atoms with Crippen molar-refractivity contribution in [2.45, 2.75) is 38.0 Å². The molecule has 1 amide bonds. The molecule has 3 aromatic rings. The van der Waals surface area contributed by atoms with E-state index in [-0.39, 0.29) is 35.5 Å². The predicted molar refractivity (Wildman–Crippen MR) is 137 cm³/mol. The van der Waals surface area contributed by atoms with Crippen molar-refractivity contribution in [3.8, 4) is 11.1 Å². The number of H-pyrrole nitrogens is 1. The lowest BCUT2D eigenvalue weighted by molar-refractivity contribution is -0.133. The maximum atomic E-state index is 16.3. The number of benzene rings is 1. The zero-order valence-corrected chi connectivity index (χ0v) is 20.4. The van der Waals surface area contributed by atoms with Crippen molar-refractivity contribution in [3.05, 3.63) is 47.9 Å². The van der Waals surface area contributed by atoms with Crippen molar-refractivity contribution >= 4 is 35.3 Å². The lowest BCUT2D eigenvalue weighted by atomic mass is 9.99. The SMILES string of the molecule is C[C@@H]1COCCN1c1nc(Nc2ccn[nH]2)c(C=N)c(-c2ccc(N3CC4CCC(O4)C3=O)cc2)c1F. The maximum absolute atomic E-state index is 16.3. The summed E-state index contributed by atoms with van der Waals surface area (Å²) in [4.78, 5) is 21.1. The van der Waals surface area contributed by atoms with Crippen molar-refractivity contribution in [1.82, 2.24) is 15.2 Å². The van der Waals surface area contributed by atoms with E-state index in [9.17, 15) is 4.79 Å². The number of aromatic amines is 1. The Labute approximate surface area is 213 Å². The van der Waals surface area contributed by atoms with Crippen LogP contribution in [0.1, 0.15) is 25.3 Å². The van der Waals surface area contributed by atoms with Gasteiger partial charge < -0.3 is 30.0 Å². The minimum atomic E-state index is -0.504. The van der Waals surface area contributed by atoms with E-state index in [1.165, 1.54) is 0 Å². The van der Waals surface area contributed by atoms with Crippen LogP contribution in [0.4, 0.5) is 27.5 Å². The Kier molecular flexibility index (Phi) is 6.09. The van der Waals surface area contributed by atoms with E-state index in [4.69, 9.17) is 14.9 Å². The van der Waals surface area contributed by atoms with Gasteiger partial charge in [0.15, 0.2) is 11.6 Å². The van der Waals surface area contributed by atoms with Gasteiger partial charge in [0.1, 0.15) is 17.7 Å². The van der Waals surface area contributed by atoms with Crippen molar-refractivity contribution in [2.75, 3.05) is 41.4 Å². The van der Waals surface area contributed by atoms with E-state index in [1.54, 1.807) is 29.3 Å². The Morgan fingerprint density at radius 3 is 2.81 bits per heavy atom. The second-order valence-electron chi connectivity index (χ2n) is 9.56. The number of ether oxygens (including phenoxy) is 2. The van der Waals surface area contributed by atoms with Gasteiger partial charge in [-0.05, 0) is 37.5 Å². The molecule has 2 aromatic heterocycles. The molecule has 3 fully saturated rings. The summed E-state index contributed by atoms with van der Waals surface area (Å²) in [6.07, 6.45) is 4.00. The van der Waals surface area contributed by atoms with Crippen LogP contribution in [0.25, 0.3) is 11.1 Å². The van der Waals surface area contributed by atoms with Gasteiger partial charge >= 0.3 is 0 Å². The molecule has 3 aliphatic heterocycles. The molecule has 0 radical (unpaired) electrons. The number of fused-ring (bicyclic) bond motifs is 2. The van der Waals surface area contributed by atoms with Crippen LogP contribution in [-0.2, 0) is 14.3 Å². The summed E-state index contributed by atoms with van der Waals surface area (Å²) >= 11 is 0. The summed E-state index contributed by atoms with van der Waals surface area (Å²) in [7, 11) is 0. The van der Waals surface area contributed by atoms with Crippen molar-refractivity contribution in [1.29, 1.82) is 5.41 Å². The van der Waals surface area contributed by atoms with E-state index in [0.29, 0.717) is 49.1 Å². The van der Waals surface area contributed by atoms with Crippen LogP contribution in [0.3, 0.4) is 0 Å². The molecule has 3 N–H and O–H groups in total. The number of halogens is 1. The maximum Gasteiger partial charge on any atom is 0.256 e. The lowest BCUT2D eigenvalue weighted by Gasteiger charge is -2.35. The van der Waals surface area contributed by atoms with Crippen LogP contribution < -0.4 is 15.1 Å². The Morgan fingerprint density at radius 1 is 1.24 bits per heavy atom. The number of nitrogens with zero attached hydrogens (tertiary/aromatic N) is 4. The molecule has 0 spiro atoms. The van der Waals surface area contributed by atoms with E-state index in [0.717, 1.165) is 24.7 Å². The normalized spacial score (nSPS) is 23.4. The zero-order valence-electron chi connectivity index (χ0n) is 20.4. The van der Waals surface area contributed by atoms with Gasteiger partial charge in [-0.3, -0.25) is 9.89 Å². The molecule has 6 rings (SSSR count). The van der Waals surface area contributed by atoms with Crippen LogP contribution >= 0.6 is 0 Å². The molecule has 2 unspecified atom stereocenters. The highest BCUT2D eigenvalue weighted by Gasteiger charge is 2.40. The van der Waals surface area contributed by atoms with Crippen LogP contribution in [0.5, 0.6) is 0 Å². The molecule has 1 aromatic carbocycles. The average molecular weight is 506 g/mol. The number of hydrogen-bond donors (Lipinski definition) is 3. The number of nitrogens with one attached hydrogen (secondary N) is 3. The first-order valence-electron chi connectivity index (χ1n) is 12.5. The molecule has 10 nitrogen and oxygen atoms in total. The average Bonchev–Trinajstić information content (AvgIpc) is 3.58. The van der Waals surface area contributed by atoms with E-state index in [1.807, 2.05) is 24.0 Å². The Balaban J connectivity index is 1.42. The highest BCUT2D eigenvalue weighted by atomic mass is 19.1. The first-order valence-corrected chi connectivity index (χ1v) is 12.5. The van der Waals surface area contributed by atoms with Crippen molar-refractivity contribution < 1.29 is 18.7 Å². The highest BCUT2D eigenvalue weighted by Crippen LogP contribution is 2.38. The van der Waals surface area contributed by atoms with Gasteiger partial charge in [0.05, 0.1) is 38.1 Å². The second kappa shape index (κ2) is 9.56. The Bertz CT molecular complexity index is 1310. The second-order valence-corrected chi connectivity index (χ2v) is 9.56. The van der Waals surface area contributed by atoms with Gasteiger partial charge in [-0.25, -0.2) is 9.37 Å². The van der Waals surface area contributed by atoms with Crippen LogP contribution in [0.2, 0.25) is 0 Å². The summed E-state index contributed by atoms with van der Waals surface area (Å²) in [5.41, 5.74) is 1.91. The summed E-state index contributed by atoms with van der Waals surface area (Å²) in [6.45, 7) is 3.92. The van der Waals surface area contributed by atoms with Gasteiger partial charge in [0.2, 0.25) is 0 Å². The monoisotopic (exact) mass is 505 g/mol.